The van der Waals surface area contributed by atoms with E-state index in [-0.39, 0.29) is 24.2 Å². The van der Waals surface area contributed by atoms with Crippen molar-refractivity contribution in [3.05, 3.63) is 71.5 Å². The minimum absolute atomic E-state index is 0.00758. The van der Waals surface area contributed by atoms with Crippen molar-refractivity contribution in [1.29, 1.82) is 0 Å². The van der Waals surface area contributed by atoms with Crippen LogP contribution in [0.4, 0.5) is 24.7 Å². The third-order valence-electron chi connectivity index (χ3n) is 6.77. The average molecular weight is 541 g/mol. The topological polar surface area (TPSA) is 82.6 Å². The first-order chi connectivity index (χ1) is 18.7. The number of hydrogen-bond acceptors (Lipinski definition) is 7. The molecule has 1 amide bonds. The predicted octanol–water partition coefficient (Wildman–Crippen LogP) is 4.79. The highest BCUT2D eigenvalue weighted by atomic mass is 19.4. The molecule has 0 atom stereocenters. The van der Waals surface area contributed by atoms with Crippen LogP contribution in [0.25, 0.3) is 0 Å². The quantitative estimate of drug-likeness (QED) is 0.404. The van der Waals surface area contributed by atoms with Crippen LogP contribution in [0, 0.1) is 0 Å². The van der Waals surface area contributed by atoms with Gasteiger partial charge in [-0.15, -0.1) is 0 Å². The molecule has 2 aromatic carbocycles. The number of halogens is 3. The number of amides is 1. The van der Waals surface area contributed by atoms with Gasteiger partial charge < -0.3 is 20.3 Å². The summed E-state index contributed by atoms with van der Waals surface area (Å²) in [6.45, 7) is 3.30. The normalized spacial score (nSPS) is 16.6. The van der Waals surface area contributed by atoms with Crippen molar-refractivity contribution in [2.24, 2.45) is 0 Å². The maximum absolute atomic E-state index is 13.8. The van der Waals surface area contributed by atoms with Crippen molar-refractivity contribution in [3.8, 4) is 11.6 Å². The van der Waals surface area contributed by atoms with E-state index in [0.717, 1.165) is 32.0 Å². The number of hydrogen-bond donors (Lipinski definition) is 2. The molecule has 1 aromatic heterocycles. The predicted molar refractivity (Wildman–Crippen MR) is 142 cm³/mol. The summed E-state index contributed by atoms with van der Waals surface area (Å²) < 4.78 is 47.3. The molecule has 0 spiro atoms. The van der Waals surface area contributed by atoms with Crippen molar-refractivity contribution < 1.29 is 22.7 Å². The number of piperazine rings is 1. The lowest BCUT2D eigenvalue weighted by molar-refractivity contribution is -0.138. The number of rotatable bonds is 9. The van der Waals surface area contributed by atoms with Crippen molar-refractivity contribution >= 4 is 17.4 Å². The summed E-state index contributed by atoms with van der Waals surface area (Å²) in [6.07, 6.45) is -0.825. The van der Waals surface area contributed by atoms with E-state index in [9.17, 15) is 18.0 Å². The molecule has 0 bridgehead atoms. The van der Waals surface area contributed by atoms with Crippen molar-refractivity contribution in [1.82, 2.24) is 19.8 Å². The highest BCUT2D eigenvalue weighted by molar-refractivity contribution is 5.92. The van der Waals surface area contributed by atoms with Crippen molar-refractivity contribution in [2.45, 2.75) is 38.0 Å². The lowest BCUT2D eigenvalue weighted by Gasteiger charge is -2.33. The molecular formula is C28H31F3N6O2. The van der Waals surface area contributed by atoms with Gasteiger partial charge in [0.05, 0.1) is 12.0 Å². The first-order valence-corrected chi connectivity index (χ1v) is 13.0. The van der Waals surface area contributed by atoms with Gasteiger partial charge in [0.15, 0.2) is 0 Å². The molecule has 1 saturated heterocycles. The van der Waals surface area contributed by atoms with E-state index in [1.165, 1.54) is 18.5 Å². The second-order valence-electron chi connectivity index (χ2n) is 10.1. The Labute approximate surface area is 225 Å². The first-order valence-electron chi connectivity index (χ1n) is 13.0. The number of alkyl halides is 3. The summed E-state index contributed by atoms with van der Waals surface area (Å²) in [5, 5.41) is 5.89. The monoisotopic (exact) mass is 540 g/mol. The van der Waals surface area contributed by atoms with Gasteiger partial charge in [-0.3, -0.25) is 9.69 Å². The van der Waals surface area contributed by atoms with E-state index in [4.69, 9.17) is 4.74 Å². The largest absolute Gasteiger partial charge is 0.439 e. The maximum atomic E-state index is 13.8. The molecule has 2 N–H and O–H groups in total. The molecule has 39 heavy (non-hydrogen) atoms. The third kappa shape index (κ3) is 7.67. The molecule has 8 nitrogen and oxygen atoms in total. The molecule has 0 radical (unpaired) electrons. The summed E-state index contributed by atoms with van der Waals surface area (Å²) in [5.41, 5.74) is 0.302. The number of anilines is 2. The summed E-state index contributed by atoms with van der Waals surface area (Å²) in [6, 6.07) is 13.1. The maximum Gasteiger partial charge on any atom is 0.416 e. The molecule has 2 heterocycles. The molecule has 1 aliphatic heterocycles. The zero-order chi connectivity index (χ0) is 27.4. The second kappa shape index (κ2) is 11.6. The van der Waals surface area contributed by atoms with Gasteiger partial charge in [0.25, 0.3) is 0 Å². The van der Waals surface area contributed by atoms with Gasteiger partial charge in [-0.1, -0.05) is 18.2 Å². The van der Waals surface area contributed by atoms with Gasteiger partial charge in [-0.05, 0) is 55.3 Å². The summed E-state index contributed by atoms with van der Waals surface area (Å²) in [7, 11) is 2.00. The number of carbonyl (C=O) groups excluding carboxylic acids is 1. The number of likely N-dealkylation sites (N-methyl/N-ethyl adjacent to an activating group) is 1. The molecule has 206 valence electrons. The smallest absolute Gasteiger partial charge is 0.416 e. The molecule has 1 aliphatic carbocycles. The lowest BCUT2D eigenvalue weighted by Crippen LogP contribution is -2.44. The zero-order valence-corrected chi connectivity index (χ0v) is 21.7. The van der Waals surface area contributed by atoms with Crippen molar-refractivity contribution in [3.63, 3.8) is 0 Å². The van der Waals surface area contributed by atoms with E-state index in [1.807, 2.05) is 11.9 Å². The van der Waals surface area contributed by atoms with Crippen LogP contribution in [0.3, 0.4) is 0 Å². The Kier molecular flexibility index (Phi) is 7.99. The molecule has 1 saturated carbocycles. The Morgan fingerprint density at radius 1 is 1.03 bits per heavy atom. The molecule has 5 rings (SSSR count). The van der Waals surface area contributed by atoms with Crippen molar-refractivity contribution in [2.75, 3.05) is 43.9 Å². The molecule has 3 aromatic rings. The van der Waals surface area contributed by atoms with Gasteiger partial charge in [0, 0.05) is 50.5 Å². The minimum Gasteiger partial charge on any atom is -0.439 e. The molecule has 2 aliphatic rings. The van der Waals surface area contributed by atoms with Crippen LogP contribution in [0.2, 0.25) is 0 Å². The van der Waals surface area contributed by atoms with E-state index in [0.29, 0.717) is 42.1 Å². The Morgan fingerprint density at radius 2 is 1.77 bits per heavy atom. The van der Waals surface area contributed by atoms with Crippen LogP contribution < -0.4 is 15.4 Å². The molecule has 2 fully saturated rings. The van der Waals surface area contributed by atoms with E-state index >= 15 is 0 Å². The Morgan fingerprint density at radius 3 is 2.46 bits per heavy atom. The van der Waals surface area contributed by atoms with Crippen LogP contribution in [0.15, 0.2) is 54.9 Å². The highest BCUT2D eigenvalue weighted by Crippen LogP contribution is 2.35. The van der Waals surface area contributed by atoms with E-state index in [2.05, 4.69) is 25.5 Å². The Hall–Kier alpha value is -3.70. The fraction of sp³-hybridized carbons (Fsp3) is 0.393. The number of ether oxygens (including phenoxy) is 1. The molecule has 11 heteroatoms. The van der Waals surface area contributed by atoms with Gasteiger partial charge >= 0.3 is 6.18 Å². The Bertz CT molecular complexity index is 1290. The van der Waals surface area contributed by atoms with Crippen LogP contribution in [-0.2, 0) is 23.9 Å². The van der Waals surface area contributed by atoms with Gasteiger partial charge in [0.2, 0.25) is 11.8 Å². The highest BCUT2D eigenvalue weighted by Gasteiger charge is 2.34. The number of benzene rings is 2. The van der Waals surface area contributed by atoms with E-state index < -0.39 is 17.6 Å². The molecule has 0 unspecified atom stereocenters. The van der Waals surface area contributed by atoms with E-state index in [1.54, 1.807) is 30.3 Å². The van der Waals surface area contributed by atoms with Crippen LogP contribution in [-0.4, -0.2) is 64.9 Å². The standard InChI is InChI=1S/C28H31F3N6O2/c1-36-10-12-37(13-11-36)17-20-4-5-22(15-24(20)28(29,30)31)35-26(38)14-19-2-8-23(9-3-19)39-27-16-25(32-18-33-27)34-21-6-7-21/h2-5,8-9,15-16,18,21H,6-7,10-14,17H2,1H3,(H,35,38)(H,32,33,34). The summed E-state index contributed by atoms with van der Waals surface area (Å²) >= 11 is 0. The van der Waals surface area contributed by atoms with Crippen LogP contribution in [0.1, 0.15) is 29.5 Å². The Balaban J connectivity index is 1.18. The number of aromatic nitrogens is 2. The van der Waals surface area contributed by atoms with Gasteiger partial charge in [0.1, 0.15) is 17.9 Å². The lowest BCUT2D eigenvalue weighted by atomic mass is 10.0. The summed E-state index contributed by atoms with van der Waals surface area (Å²) in [5.74, 6) is 1.24. The fourth-order valence-corrected chi connectivity index (χ4v) is 4.40. The van der Waals surface area contributed by atoms with Crippen LogP contribution >= 0.6 is 0 Å². The number of nitrogens with zero attached hydrogens (tertiary/aromatic N) is 4. The third-order valence-corrected chi connectivity index (χ3v) is 6.77. The zero-order valence-electron chi connectivity index (χ0n) is 21.7. The average Bonchev–Trinajstić information content (AvgIpc) is 3.71. The van der Waals surface area contributed by atoms with Crippen LogP contribution in [0.5, 0.6) is 11.6 Å². The number of nitrogens with one attached hydrogen (secondary N) is 2. The van der Waals surface area contributed by atoms with Gasteiger partial charge in [-0.2, -0.15) is 13.2 Å². The summed E-state index contributed by atoms with van der Waals surface area (Å²) in [4.78, 5) is 25.1. The SMILES string of the molecule is CN1CCN(Cc2ccc(NC(=O)Cc3ccc(Oc4cc(NC5CC5)ncn4)cc3)cc2C(F)(F)F)CC1. The van der Waals surface area contributed by atoms with Gasteiger partial charge in [-0.25, -0.2) is 9.97 Å². The fourth-order valence-electron chi connectivity index (χ4n) is 4.40. The second-order valence-corrected chi connectivity index (χ2v) is 10.1. The molecular weight excluding hydrogens is 509 g/mol. The minimum atomic E-state index is -4.52. The first kappa shape index (κ1) is 26.9. The number of carbonyl (C=O) groups is 1.